The molecule has 0 aromatic heterocycles. The maximum atomic E-state index is 13.4. The van der Waals surface area contributed by atoms with Gasteiger partial charge < -0.3 is 0 Å². The van der Waals surface area contributed by atoms with Crippen LogP contribution < -0.4 is 0 Å². The third kappa shape index (κ3) is 4.53. The molecule has 0 atom stereocenters. The van der Waals surface area contributed by atoms with Crippen LogP contribution in [-0.4, -0.2) is 8.42 Å². The SMILES string of the molecule is O=S(=O)(C=Cc1ccc(F)cc1F)Cc1ccc(Cl)cc1Cl. The van der Waals surface area contributed by atoms with Gasteiger partial charge >= 0.3 is 0 Å². The molecule has 0 saturated heterocycles. The first-order valence-electron chi connectivity index (χ1n) is 6.07. The Labute approximate surface area is 136 Å². The molecular formula is C15H10Cl2F2O2S. The van der Waals surface area contributed by atoms with Crippen LogP contribution in [0, 0.1) is 11.6 Å². The molecule has 2 aromatic carbocycles. The van der Waals surface area contributed by atoms with Gasteiger partial charge in [0.05, 0.1) is 5.75 Å². The smallest absolute Gasteiger partial charge is 0.175 e. The fourth-order valence-corrected chi connectivity index (χ4v) is 3.41. The number of benzene rings is 2. The van der Waals surface area contributed by atoms with Crippen LogP contribution in [0.1, 0.15) is 11.1 Å². The predicted molar refractivity (Wildman–Crippen MR) is 84.5 cm³/mol. The number of sulfone groups is 1. The number of hydrogen-bond acceptors (Lipinski definition) is 2. The molecule has 0 unspecified atom stereocenters. The van der Waals surface area contributed by atoms with E-state index in [9.17, 15) is 17.2 Å². The van der Waals surface area contributed by atoms with Crippen molar-refractivity contribution < 1.29 is 17.2 Å². The van der Waals surface area contributed by atoms with Crippen LogP contribution in [0.2, 0.25) is 10.0 Å². The Morgan fingerprint density at radius 2 is 1.77 bits per heavy atom. The van der Waals surface area contributed by atoms with Gasteiger partial charge in [0.15, 0.2) is 9.84 Å². The molecule has 2 aromatic rings. The zero-order chi connectivity index (χ0) is 16.3. The molecule has 0 radical (unpaired) electrons. The molecule has 0 amide bonds. The minimum Gasteiger partial charge on any atom is -0.224 e. The minimum absolute atomic E-state index is 0.0211. The van der Waals surface area contributed by atoms with E-state index in [1.54, 1.807) is 0 Å². The van der Waals surface area contributed by atoms with Crippen molar-refractivity contribution in [3.05, 3.63) is 74.6 Å². The topological polar surface area (TPSA) is 34.1 Å². The highest BCUT2D eigenvalue weighted by Crippen LogP contribution is 2.23. The second-order valence-electron chi connectivity index (χ2n) is 4.51. The van der Waals surface area contributed by atoms with E-state index >= 15 is 0 Å². The molecule has 0 heterocycles. The maximum absolute atomic E-state index is 13.4. The van der Waals surface area contributed by atoms with Gasteiger partial charge in [-0.1, -0.05) is 29.3 Å². The van der Waals surface area contributed by atoms with Gasteiger partial charge in [0.25, 0.3) is 0 Å². The molecule has 0 aliphatic heterocycles. The van der Waals surface area contributed by atoms with Gasteiger partial charge in [0.1, 0.15) is 11.6 Å². The molecule has 0 aliphatic rings. The first kappa shape index (κ1) is 16.9. The Morgan fingerprint density at radius 3 is 2.41 bits per heavy atom. The average molecular weight is 363 g/mol. The van der Waals surface area contributed by atoms with Gasteiger partial charge in [-0.05, 0) is 35.9 Å². The summed E-state index contributed by atoms with van der Waals surface area (Å²) >= 11 is 11.7. The van der Waals surface area contributed by atoms with E-state index in [1.807, 2.05) is 0 Å². The lowest BCUT2D eigenvalue weighted by Gasteiger charge is -2.04. The third-order valence-electron chi connectivity index (χ3n) is 2.79. The highest BCUT2D eigenvalue weighted by molar-refractivity contribution is 7.93. The first-order chi connectivity index (χ1) is 10.3. The predicted octanol–water partition coefficient (Wildman–Crippen LogP) is 4.86. The quantitative estimate of drug-likeness (QED) is 0.778. The van der Waals surface area contributed by atoms with Crippen LogP contribution in [0.25, 0.3) is 6.08 Å². The summed E-state index contributed by atoms with van der Waals surface area (Å²) in [6.07, 6.45) is 1.08. The number of halogens is 4. The maximum Gasteiger partial charge on any atom is 0.175 e. The highest BCUT2D eigenvalue weighted by atomic mass is 35.5. The summed E-state index contributed by atoms with van der Waals surface area (Å²) in [5.74, 6) is -1.91. The summed E-state index contributed by atoms with van der Waals surface area (Å²) in [6, 6.07) is 7.37. The normalized spacial score (nSPS) is 12.0. The van der Waals surface area contributed by atoms with Crippen molar-refractivity contribution >= 4 is 39.1 Å². The number of rotatable bonds is 4. The largest absolute Gasteiger partial charge is 0.224 e. The van der Waals surface area contributed by atoms with Crippen molar-refractivity contribution in [3.63, 3.8) is 0 Å². The summed E-state index contributed by atoms with van der Waals surface area (Å²) in [5, 5.41) is 1.50. The summed E-state index contributed by atoms with van der Waals surface area (Å²) < 4.78 is 50.2. The highest BCUT2D eigenvalue weighted by Gasteiger charge is 2.12. The van der Waals surface area contributed by atoms with Crippen LogP contribution >= 0.6 is 23.2 Å². The molecule has 0 aliphatic carbocycles. The van der Waals surface area contributed by atoms with Gasteiger partial charge in [-0.15, -0.1) is 0 Å². The lowest BCUT2D eigenvalue weighted by atomic mass is 10.2. The molecule has 7 heteroatoms. The summed E-state index contributed by atoms with van der Waals surface area (Å²) in [6.45, 7) is 0. The molecule has 0 fully saturated rings. The summed E-state index contributed by atoms with van der Waals surface area (Å²) in [5.41, 5.74) is 0.363. The van der Waals surface area contributed by atoms with E-state index in [0.29, 0.717) is 16.7 Å². The minimum atomic E-state index is -3.66. The molecule has 22 heavy (non-hydrogen) atoms. The van der Waals surface area contributed by atoms with Crippen molar-refractivity contribution in [1.29, 1.82) is 0 Å². The Hall–Kier alpha value is -1.43. The van der Waals surface area contributed by atoms with Crippen molar-refractivity contribution in [2.45, 2.75) is 5.75 Å². The van der Waals surface area contributed by atoms with E-state index < -0.39 is 21.5 Å². The third-order valence-corrected chi connectivity index (χ3v) is 4.64. The molecule has 0 bridgehead atoms. The second-order valence-corrected chi connectivity index (χ2v) is 7.24. The van der Waals surface area contributed by atoms with Gasteiger partial charge in [0, 0.05) is 27.1 Å². The zero-order valence-electron chi connectivity index (χ0n) is 11.1. The molecule has 2 rings (SSSR count). The lowest BCUT2D eigenvalue weighted by Crippen LogP contribution is -2.00. The summed E-state index contributed by atoms with van der Waals surface area (Å²) in [7, 11) is -3.66. The molecule has 0 N–H and O–H groups in total. The van der Waals surface area contributed by atoms with Crippen LogP contribution in [0.15, 0.2) is 41.8 Å². The fourth-order valence-electron chi connectivity index (χ4n) is 1.72. The van der Waals surface area contributed by atoms with Crippen molar-refractivity contribution in [2.75, 3.05) is 0 Å². The van der Waals surface area contributed by atoms with Crippen molar-refractivity contribution in [2.24, 2.45) is 0 Å². The van der Waals surface area contributed by atoms with Crippen LogP contribution in [0.5, 0.6) is 0 Å². The Morgan fingerprint density at radius 1 is 1.05 bits per heavy atom. The van der Waals surface area contributed by atoms with E-state index in [2.05, 4.69) is 0 Å². The Kier molecular flexibility index (Phi) is 5.21. The Balaban J connectivity index is 2.22. The molecule has 0 spiro atoms. The van der Waals surface area contributed by atoms with E-state index in [4.69, 9.17) is 23.2 Å². The van der Waals surface area contributed by atoms with E-state index in [1.165, 1.54) is 18.2 Å². The average Bonchev–Trinajstić information content (AvgIpc) is 2.41. The van der Waals surface area contributed by atoms with Gasteiger partial charge in [-0.25, -0.2) is 17.2 Å². The van der Waals surface area contributed by atoms with Gasteiger partial charge in [0.2, 0.25) is 0 Å². The van der Waals surface area contributed by atoms with Crippen LogP contribution in [-0.2, 0) is 15.6 Å². The van der Waals surface area contributed by atoms with Crippen molar-refractivity contribution in [1.82, 2.24) is 0 Å². The Bertz CT molecular complexity index is 833. The first-order valence-corrected chi connectivity index (χ1v) is 8.54. The molecule has 2 nitrogen and oxygen atoms in total. The molecule has 0 saturated carbocycles. The fraction of sp³-hybridized carbons (Fsp3) is 0.0667. The monoisotopic (exact) mass is 362 g/mol. The van der Waals surface area contributed by atoms with E-state index in [-0.39, 0.29) is 16.3 Å². The zero-order valence-corrected chi connectivity index (χ0v) is 13.4. The summed E-state index contributed by atoms with van der Waals surface area (Å²) in [4.78, 5) is 0. The van der Waals surface area contributed by atoms with Gasteiger partial charge in [-0.2, -0.15) is 0 Å². The number of hydrogen-bond donors (Lipinski definition) is 0. The van der Waals surface area contributed by atoms with Gasteiger partial charge in [-0.3, -0.25) is 0 Å². The van der Waals surface area contributed by atoms with Crippen molar-refractivity contribution in [3.8, 4) is 0 Å². The van der Waals surface area contributed by atoms with Crippen LogP contribution in [0.4, 0.5) is 8.78 Å². The molecular weight excluding hydrogens is 353 g/mol. The lowest BCUT2D eigenvalue weighted by molar-refractivity contribution is 0.581. The second kappa shape index (κ2) is 6.77. The molecule has 116 valence electrons. The van der Waals surface area contributed by atoms with E-state index in [0.717, 1.165) is 23.6 Å². The standard InChI is InChI=1S/C15H10Cl2F2O2S/c16-12-3-1-11(14(17)7-12)9-22(20,21)6-5-10-2-4-13(18)8-15(10)19/h1-8H,9H2. The van der Waals surface area contributed by atoms with Crippen LogP contribution in [0.3, 0.4) is 0 Å².